The third-order valence-electron chi connectivity index (χ3n) is 5.55. The molecule has 2 atom stereocenters. The zero-order chi connectivity index (χ0) is 22.8. The summed E-state index contributed by atoms with van der Waals surface area (Å²) in [5.41, 5.74) is 3.36. The van der Waals surface area contributed by atoms with Gasteiger partial charge >= 0.3 is 0 Å². The monoisotopic (exact) mass is 424 g/mol. The van der Waals surface area contributed by atoms with Gasteiger partial charge in [0.15, 0.2) is 6.61 Å². The van der Waals surface area contributed by atoms with Gasteiger partial charge in [-0.3, -0.25) is 9.59 Å². The molecule has 0 aromatic heterocycles. The molecule has 2 aromatic carbocycles. The Kier molecular flexibility index (Phi) is 9.57. The van der Waals surface area contributed by atoms with Gasteiger partial charge in [0, 0.05) is 12.6 Å². The Morgan fingerprint density at radius 2 is 1.55 bits per heavy atom. The van der Waals surface area contributed by atoms with E-state index in [9.17, 15) is 9.59 Å². The van der Waals surface area contributed by atoms with Crippen LogP contribution in [-0.4, -0.2) is 35.4 Å². The molecule has 31 heavy (non-hydrogen) atoms. The lowest BCUT2D eigenvalue weighted by atomic mass is 10.1. The van der Waals surface area contributed by atoms with E-state index in [0.29, 0.717) is 18.7 Å². The quantitative estimate of drug-likeness (QED) is 0.571. The fourth-order valence-electron chi connectivity index (χ4n) is 3.30. The van der Waals surface area contributed by atoms with Gasteiger partial charge in [-0.05, 0) is 56.4 Å². The number of rotatable bonds is 11. The van der Waals surface area contributed by atoms with Crippen molar-refractivity contribution >= 4 is 11.8 Å². The van der Waals surface area contributed by atoms with Gasteiger partial charge < -0.3 is 15.0 Å². The minimum Gasteiger partial charge on any atom is -0.484 e. The van der Waals surface area contributed by atoms with Gasteiger partial charge in [-0.15, -0.1) is 0 Å². The highest BCUT2D eigenvalue weighted by Gasteiger charge is 2.29. The average Bonchev–Trinajstić information content (AvgIpc) is 2.78. The van der Waals surface area contributed by atoms with Crippen LogP contribution in [0.4, 0.5) is 0 Å². The second-order valence-electron chi connectivity index (χ2n) is 8.04. The molecule has 0 saturated carbocycles. The van der Waals surface area contributed by atoms with Crippen LogP contribution in [0.1, 0.15) is 57.2 Å². The summed E-state index contributed by atoms with van der Waals surface area (Å²) < 4.78 is 5.76. The molecule has 1 N–H and O–H groups in total. The van der Waals surface area contributed by atoms with Crippen LogP contribution in [0.15, 0.2) is 48.5 Å². The molecule has 0 radical (unpaired) electrons. The zero-order valence-corrected chi connectivity index (χ0v) is 19.5. The largest absolute Gasteiger partial charge is 0.484 e. The van der Waals surface area contributed by atoms with Crippen LogP contribution in [0.25, 0.3) is 0 Å². The van der Waals surface area contributed by atoms with E-state index < -0.39 is 6.04 Å². The number of benzene rings is 2. The van der Waals surface area contributed by atoms with Crippen LogP contribution in [0.2, 0.25) is 0 Å². The zero-order valence-electron chi connectivity index (χ0n) is 19.5. The number of carbonyl (C=O) groups excluding carboxylic acids is 2. The third-order valence-corrected chi connectivity index (χ3v) is 5.55. The number of hydrogen-bond donors (Lipinski definition) is 1. The third kappa shape index (κ3) is 7.42. The van der Waals surface area contributed by atoms with Gasteiger partial charge in [-0.25, -0.2) is 0 Å². The highest BCUT2D eigenvalue weighted by atomic mass is 16.5. The van der Waals surface area contributed by atoms with Crippen molar-refractivity contribution in [3.63, 3.8) is 0 Å². The van der Waals surface area contributed by atoms with Crippen molar-refractivity contribution in [1.82, 2.24) is 10.2 Å². The van der Waals surface area contributed by atoms with E-state index in [-0.39, 0.29) is 24.5 Å². The maximum absolute atomic E-state index is 13.2. The Labute approximate surface area is 186 Å². The van der Waals surface area contributed by atoms with Crippen molar-refractivity contribution in [3.8, 4) is 5.75 Å². The van der Waals surface area contributed by atoms with E-state index in [1.807, 2.05) is 76.2 Å². The van der Waals surface area contributed by atoms with Crippen LogP contribution < -0.4 is 10.1 Å². The first-order chi connectivity index (χ1) is 14.9. The molecule has 0 saturated heterocycles. The van der Waals surface area contributed by atoms with Crippen LogP contribution in [-0.2, 0) is 22.6 Å². The number of carbonyl (C=O) groups is 2. The van der Waals surface area contributed by atoms with Crippen LogP contribution >= 0.6 is 0 Å². The van der Waals surface area contributed by atoms with E-state index in [1.165, 1.54) is 5.56 Å². The average molecular weight is 425 g/mol. The highest BCUT2D eigenvalue weighted by molar-refractivity contribution is 5.88. The molecule has 0 spiro atoms. The van der Waals surface area contributed by atoms with Gasteiger partial charge in [0.05, 0.1) is 0 Å². The molecule has 0 aliphatic rings. The second-order valence-corrected chi connectivity index (χ2v) is 8.04. The van der Waals surface area contributed by atoms with Crippen molar-refractivity contribution in [2.75, 3.05) is 6.61 Å². The first kappa shape index (κ1) is 24.4. The number of nitrogens with one attached hydrogen (secondary N) is 1. The fraction of sp³-hybridized carbons (Fsp3) is 0.462. The van der Waals surface area contributed by atoms with Crippen LogP contribution in [0.3, 0.4) is 0 Å². The molecule has 5 nitrogen and oxygen atoms in total. The maximum atomic E-state index is 13.2. The van der Waals surface area contributed by atoms with Gasteiger partial charge in [0.25, 0.3) is 5.91 Å². The minimum absolute atomic E-state index is 0.0613. The number of aryl methyl sites for hydroxylation is 2. The van der Waals surface area contributed by atoms with Crippen LogP contribution in [0.5, 0.6) is 5.75 Å². The molecule has 2 aromatic rings. The van der Waals surface area contributed by atoms with E-state index in [2.05, 4.69) is 12.2 Å². The summed E-state index contributed by atoms with van der Waals surface area (Å²) in [4.78, 5) is 27.8. The molecule has 0 aliphatic heterocycles. The first-order valence-electron chi connectivity index (χ1n) is 11.2. The second kappa shape index (κ2) is 12.1. The summed E-state index contributed by atoms with van der Waals surface area (Å²) >= 11 is 0. The van der Waals surface area contributed by atoms with Gasteiger partial charge in [0.1, 0.15) is 11.8 Å². The molecule has 0 aliphatic carbocycles. The summed E-state index contributed by atoms with van der Waals surface area (Å²) in [6, 6.07) is 15.3. The molecule has 0 heterocycles. The van der Waals surface area contributed by atoms with Crippen molar-refractivity contribution < 1.29 is 14.3 Å². The first-order valence-corrected chi connectivity index (χ1v) is 11.2. The number of nitrogens with zero attached hydrogens (tertiary/aromatic N) is 1. The van der Waals surface area contributed by atoms with Crippen molar-refractivity contribution in [2.24, 2.45) is 0 Å². The Morgan fingerprint density at radius 1 is 0.935 bits per heavy atom. The van der Waals surface area contributed by atoms with E-state index >= 15 is 0 Å². The van der Waals surface area contributed by atoms with E-state index in [4.69, 9.17) is 4.74 Å². The Hall–Kier alpha value is -2.82. The van der Waals surface area contributed by atoms with E-state index in [0.717, 1.165) is 24.0 Å². The summed E-state index contributed by atoms with van der Waals surface area (Å²) in [6.07, 6.45) is 2.32. The molecule has 0 unspecified atom stereocenters. The fourth-order valence-corrected chi connectivity index (χ4v) is 3.30. The molecule has 168 valence electrons. The Morgan fingerprint density at radius 3 is 2.10 bits per heavy atom. The normalized spacial score (nSPS) is 12.7. The summed E-state index contributed by atoms with van der Waals surface area (Å²) in [6.45, 7) is 10.3. The molecule has 5 heteroatoms. The van der Waals surface area contributed by atoms with Crippen molar-refractivity contribution in [2.45, 2.75) is 72.5 Å². The highest BCUT2D eigenvalue weighted by Crippen LogP contribution is 2.16. The molecular formula is C26H36N2O3. The van der Waals surface area contributed by atoms with Crippen LogP contribution in [0, 0.1) is 6.92 Å². The molecule has 0 bridgehead atoms. The summed E-state index contributed by atoms with van der Waals surface area (Å²) in [5.74, 6) is 0.328. The van der Waals surface area contributed by atoms with Crippen molar-refractivity contribution in [1.29, 1.82) is 0 Å². The lowest BCUT2D eigenvalue weighted by molar-refractivity contribution is -0.143. The number of hydrogen-bond acceptors (Lipinski definition) is 3. The van der Waals surface area contributed by atoms with Gasteiger partial charge in [0.2, 0.25) is 5.91 Å². The molecule has 0 fully saturated rings. The summed E-state index contributed by atoms with van der Waals surface area (Å²) in [7, 11) is 0. The smallest absolute Gasteiger partial charge is 0.261 e. The predicted octanol–water partition coefficient (Wildman–Crippen LogP) is 4.66. The Balaban J connectivity index is 2.18. The van der Waals surface area contributed by atoms with Gasteiger partial charge in [-0.2, -0.15) is 0 Å². The standard InChI is InChI=1S/C26H36N2O3/c1-6-20(5)27-26(30)24(8-3)28(17-22-11-9-19(4)10-12-22)25(29)18-31-23-15-13-21(7-2)14-16-23/h9-16,20,24H,6-8,17-18H2,1-5H3,(H,27,30)/t20-,24-/m0/s1. The molecule has 2 amide bonds. The lowest BCUT2D eigenvalue weighted by Gasteiger charge is -2.31. The summed E-state index contributed by atoms with van der Waals surface area (Å²) in [5, 5.41) is 3.02. The Bertz CT molecular complexity index is 831. The lowest BCUT2D eigenvalue weighted by Crippen LogP contribution is -2.51. The number of amides is 2. The number of ether oxygens (including phenoxy) is 1. The maximum Gasteiger partial charge on any atom is 0.261 e. The molecular weight excluding hydrogens is 388 g/mol. The predicted molar refractivity (Wildman–Crippen MR) is 125 cm³/mol. The molecule has 2 rings (SSSR count). The van der Waals surface area contributed by atoms with Gasteiger partial charge in [-0.1, -0.05) is 62.7 Å². The SMILES string of the molecule is CCc1ccc(OCC(=O)N(Cc2ccc(C)cc2)[C@@H](CC)C(=O)N[C@@H](C)CC)cc1. The minimum atomic E-state index is -0.547. The van der Waals surface area contributed by atoms with Crippen molar-refractivity contribution in [3.05, 3.63) is 65.2 Å². The van der Waals surface area contributed by atoms with E-state index in [1.54, 1.807) is 4.90 Å². The topological polar surface area (TPSA) is 58.6 Å².